The van der Waals surface area contributed by atoms with Gasteiger partial charge >= 0.3 is 0 Å². The zero-order chi connectivity index (χ0) is 16.7. The lowest BCUT2D eigenvalue weighted by atomic mass is 9.96. The average Bonchev–Trinajstić information content (AvgIpc) is 2.58. The van der Waals surface area contributed by atoms with E-state index in [4.69, 9.17) is 0 Å². The molecule has 132 valence electrons. The van der Waals surface area contributed by atoms with Gasteiger partial charge in [0.05, 0.1) is 0 Å². The van der Waals surface area contributed by atoms with Gasteiger partial charge in [-0.2, -0.15) is 0 Å². The molecule has 0 aliphatic carbocycles. The number of nitrogens with one attached hydrogen (secondary N) is 2. The molecule has 2 aliphatic heterocycles. The first-order valence-corrected chi connectivity index (χ1v) is 9.05. The third-order valence-electron chi connectivity index (χ3n) is 4.91. The second-order valence-corrected chi connectivity index (χ2v) is 7.07. The molecule has 2 N–H and O–H groups in total. The predicted octanol–water partition coefficient (Wildman–Crippen LogP) is 0.293. The van der Waals surface area contributed by atoms with Gasteiger partial charge in [0, 0.05) is 64.7 Å². The quantitative estimate of drug-likeness (QED) is 0.737. The first-order chi connectivity index (χ1) is 11.1. The summed E-state index contributed by atoms with van der Waals surface area (Å²) in [5.41, 5.74) is 0. The maximum atomic E-state index is 12.3. The molecule has 0 bridgehead atoms. The van der Waals surface area contributed by atoms with Gasteiger partial charge in [-0.15, -0.1) is 0 Å². The van der Waals surface area contributed by atoms with Gasteiger partial charge in [0.1, 0.15) is 0 Å². The van der Waals surface area contributed by atoms with Crippen LogP contribution in [0.3, 0.4) is 0 Å². The molecule has 6 nitrogen and oxygen atoms in total. The van der Waals surface area contributed by atoms with Crippen molar-refractivity contribution in [3.8, 4) is 0 Å². The maximum Gasteiger partial charge on any atom is 0.223 e. The largest absolute Gasteiger partial charge is 0.356 e. The SMILES string of the molecule is CC(C)C(=O)NCC1CCN(C(=O)CCN2CCNCC2)CC1. The maximum absolute atomic E-state index is 12.3. The Morgan fingerprint density at radius 1 is 1.13 bits per heavy atom. The molecule has 2 heterocycles. The number of nitrogens with zero attached hydrogens (tertiary/aromatic N) is 2. The van der Waals surface area contributed by atoms with Crippen LogP contribution in [0.1, 0.15) is 33.1 Å². The van der Waals surface area contributed by atoms with Crippen LogP contribution in [0.2, 0.25) is 0 Å². The Hall–Kier alpha value is -1.14. The topological polar surface area (TPSA) is 64.7 Å². The molecule has 0 aromatic heterocycles. The van der Waals surface area contributed by atoms with Gasteiger partial charge in [-0.1, -0.05) is 13.8 Å². The molecular weight excluding hydrogens is 292 g/mol. The highest BCUT2D eigenvalue weighted by Gasteiger charge is 2.23. The Bertz CT molecular complexity index is 386. The Morgan fingerprint density at radius 3 is 2.39 bits per heavy atom. The van der Waals surface area contributed by atoms with Crippen LogP contribution in [0.25, 0.3) is 0 Å². The monoisotopic (exact) mass is 324 g/mol. The van der Waals surface area contributed by atoms with Crippen LogP contribution in [-0.2, 0) is 9.59 Å². The summed E-state index contributed by atoms with van der Waals surface area (Å²) >= 11 is 0. The molecule has 0 spiro atoms. The first-order valence-electron chi connectivity index (χ1n) is 9.05. The van der Waals surface area contributed by atoms with E-state index in [2.05, 4.69) is 15.5 Å². The molecule has 2 fully saturated rings. The summed E-state index contributed by atoms with van der Waals surface area (Å²) in [5, 5.41) is 6.34. The number of hydrogen-bond acceptors (Lipinski definition) is 4. The lowest BCUT2D eigenvalue weighted by Crippen LogP contribution is -2.46. The second-order valence-electron chi connectivity index (χ2n) is 7.07. The minimum Gasteiger partial charge on any atom is -0.356 e. The van der Waals surface area contributed by atoms with Crippen LogP contribution in [0.5, 0.6) is 0 Å². The molecule has 0 saturated carbocycles. The molecule has 6 heteroatoms. The molecule has 2 aliphatic rings. The number of piperazine rings is 1. The first kappa shape index (κ1) is 18.2. The molecule has 0 radical (unpaired) electrons. The highest BCUT2D eigenvalue weighted by atomic mass is 16.2. The zero-order valence-corrected chi connectivity index (χ0v) is 14.6. The van der Waals surface area contributed by atoms with E-state index in [1.165, 1.54) is 0 Å². The number of piperidine rings is 1. The molecule has 0 unspecified atom stereocenters. The van der Waals surface area contributed by atoms with Gasteiger partial charge in [-0.25, -0.2) is 0 Å². The van der Waals surface area contributed by atoms with Crippen molar-refractivity contribution in [3.63, 3.8) is 0 Å². The van der Waals surface area contributed by atoms with Gasteiger partial charge in [0.2, 0.25) is 11.8 Å². The van der Waals surface area contributed by atoms with Crippen molar-refractivity contribution in [1.82, 2.24) is 20.4 Å². The van der Waals surface area contributed by atoms with Crippen LogP contribution >= 0.6 is 0 Å². The van der Waals surface area contributed by atoms with Crippen LogP contribution in [0.15, 0.2) is 0 Å². The summed E-state index contributed by atoms with van der Waals surface area (Å²) in [6.45, 7) is 11.3. The third-order valence-corrected chi connectivity index (χ3v) is 4.91. The molecule has 2 rings (SSSR count). The molecule has 0 atom stereocenters. The summed E-state index contributed by atoms with van der Waals surface area (Å²) in [5.74, 6) is 0.962. The lowest BCUT2D eigenvalue weighted by Gasteiger charge is -2.33. The second kappa shape index (κ2) is 9.23. The Kier molecular flexibility index (Phi) is 7.30. The van der Waals surface area contributed by atoms with Gasteiger partial charge in [-0.05, 0) is 18.8 Å². The van der Waals surface area contributed by atoms with Crippen molar-refractivity contribution >= 4 is 11.8 Å². The Morgan fingerprint density at radius 2 is 1.78 bits per heavy atom. The molecular formula is C17H32N4O2. The smallest absolute Gasteiger partial charge is 0.223 e. The fourth-order valence-corrected chi connectivity index (χ4v) is 3.18. The van der Waals surface area contributed by atoms with Crippen molar-refractivity contribution in [2.75, 3.05) is 52.4 Å². The number of hydrogen-bond donors (Lipinski definition) is 2. The fourth-order valence-electron chi connectivity index (χ4n) is 3.18. The summed E-state index contributed by atoms with van der Waals surface area (Å²) in [6.07, 6.45) is 2.63. The van der Waals surface area contributed by atoms with Crippen molar-refractivity contribution in [2.45, 2.75) is 33.1 Å². The normalized spacial score (nSPS) is 20.7. The molecule has 2 amide bonds. The van der Waals surface area contributed by atoms with E-state index in [1.807, 2.05) is 18.7 Å². The van der Waals surface area contributed by atoms with Crippen molar-refractivity contribution in [1.29, 1.82) is 0 Å². The highest BCUT2D eigenvalue weighted by molar-refractivity contribution is 5.78. The summed E-state index contributed by atoms with van der Waals surface area (Å²) < 4.78 is 0. The average molecular weight is 324 g/mol. The van der Waals surface area contributed by atoms with Gasteiger partial charge in [0.25, 0.3) is 0 Å². The van der Waals surface area contributed by atoms with E-state index in [0.29, 0.717) is 12.3 Å². The van der Waals surface area contributed by atoms with Gasteiger partial charge in [0.15, 0.2) is 0 Å². The van der Waals surface area contributed by atoms with E-state index >= 15 is 0 Å². The van der Waals surface area contributed by atoms with E-state index in [1.54, 1.807) is 0 Å². The number of amides is 2. The van der Waals surface area contributed by atoms with Crippen LogP contribution in [-0.4, -0.2) is 74.0 Å². The van der Waals surface area contributed by atoms with E-state index in [0.717, 1.165) is 65.2 Å². The number of rotatable bonds is 6. The van der Waals surface area contributed by atoms with Crippen LogP contribution in [0, 0.1) is 11.8 Å². The Labute approximate surface area is 140 Å². The minimum absolute atomic E-state index is 0.0432. The molecule has 23 heavy (non-hydrogen) atoms. The number of likely N-dealkylation sites (tertiary alicyclic amines) is 1. The molecule has 0 aromatic carbocycles. The van der Waals surface area contributed by atoms with Crippen molar-refractivity contribution in [3.05, 3.63) is 0 Å². The van der Waals surface area contributed by atoms with E-state index in [9.17, 15) is 9.59 Å². The fraction of sp³-hybridized carbons (Fsp3) is 0.882. The van der Waals surface area contributed by atoms with Gasteiger partial charge in [-0.3, -0.25) is 9.59 Å². The van der Waals surface area contributed by atoms with E-state index < -0.39 is 0 Å². The van der Waals surface area contributed by atoms with Crippen molar-refractivity contribution < 1.29 is 9.59 Å². The van der Waals surface area contributed by atoms with Crippen LogP contribution in [0.4, 0.5) is 0 Å². The Balaban J connectivity index is 1.61. The third kappa shape index (κ3) is 6.11. The lowest BCUT2D eigenvalue weighted by molar-refractivity contribution is -0.133. The highest BCUT2D eigenvalue weighted by Crippen LogP contribution is 2.17. The summed E-state index contributed by atoms with van der Waals surface area (Å²) in [6, 6.07) is 0. The number of carbonyl (C=O) groups excluding carboxylic acids is 2. The minimum atomic E-state index is 0.0432. The zero-order valence-electron chi connectivity index (χ0n) is 14.6. The predicted molar refractivity (Wildman–Crippen MR) is 91.1 cm³/mol. The summed E-state index contributed by atoms with van der Waals surface area (Å²) in [4.78, 5) is 28.3. The van der Waals surface area contributed by atoms with Crippen LogP contribution < -0.4 is 10.6 Å². The molecule has 2 saturated heterocycles. The van der Waals surface area contributed by atoms with E-state index in [-0.39, 0.29) is 17.7 Å². The standard InChI is InChI=1S/C17H32N4O2/c1-14(2)17(23)19-13-15-3-9-21(10-4-15)16(22)5-8-20-11-6-18-7-12-20/h14-15,18H,3-13H2,1-2H3,(H,19,23). The summed E-state index contributed by atoms with van der Waals surface area (Å²) in [7, 11) is 0. The molecule has 0 aromatic rings. The number of carbonyl (C=O) groups is 2. The van der Waals surface area contributed by atoms with Gasteiger partial charge < -0.3 is 20.4 Å². The van der Waals surface area contributed by atoms with Crippen molar-refractivity contribution in [2.24, 2.45) is 11.8 Å².